The standard InChI is InChI=1S/C19H30N2O2.ClH/c1-19(2,3)21-18(22)14-23-17-11-9-15(10-12-17)13-20-16-7-5-4-6-8-16;/h9-12,16,20H,4-8,13-14H2,1-3H3,(H,21,22);1H. The van der Waals surface area contributed by atoms with Crippen molar-refractivity contribution in [1.82, 2.24) is 10.6 Å². The van der Waals surface area contributed by atoms with E-state index in [9.17, 15) is 4.79 Å². The highest BCUT2D eigenvalue weighted by atomic mass is 35.5. The summed E-state index contributed by atoms with van der Waals surface area (Å²) < 4.78 is 5.53. The largest absolute Gasteiger partial charge is 0.484 e. The average Bonchev–Trinajstić information content (AvgIpc) is 2.51. The fraction of sp³-hybridized carbons (Fsp3) is 0.632. The van der Waals surface area contributed by atoms with Gasteiger partial charge in [-0.15, -0.1) is 12.4 Å². The van der Waals surface area contributed by atoms with Gasteiger partial charge in [0, 0.05) is 18.1 Å². The van der Waals surface area contributed by atoms with Gasteiger partial charge in [-0.3, -0.25) is 4.79 Å². The van der Waals surface area contributed by atoms with Gasteiger partial charge in [-0.1, -0.05) is 31.4 Å². The molecule has 0 saturated heterocycles. The highest BCUT2D eigenvalue weighted by Crippen LogP contribution is 2.18. The van der Waals surface area contributed by atoms with E-state index in [1.54, 1.807) is 0 Å². The molecule has 1 aliphatic rings. The first-order valence-electron chi connectivity index (χ1n) is 8.68. The van der Waals surface area contributed by atoms with Crippen molar-refractivity contribution >= 4 is 18.3 Å². The van der Waals surface area contributed by atoms with E-state index in [0.29, 0.717) is 6.04 Å². The van der Waals surface area contributed by atoms with E-state index in [1.807, 2.05) is 32.9 Å². The molecule has 1 amide bonds. The molecule has 0 bridgehead atoms. The summed E-state index contributed by atoms with van der Waals surface area (Å²) in [7, 11) is 0. The summed E-state index contributed by atoms with van der Waals surface area (Å²) in [6.45, 7) is 6.82. The zero-order valence-electron chi connectivity index (χ0n) is 15.1. The van der Waals surface area contributed by atoms with Crippen molar-refractivity contribution in [3.05, 3.63) is 29.8 Å². The van der Waals surface area contributed by atoms with Crippen LogP contribution in [-0.4, -0.2) is 24.1 Å². The fourth-order valence-corrected chi connectivity index (χ4v) is 2.88. The lowest BCUT2D eigenvalue weighted by Gasteiger charge is -2.23. The summed E-state index contributed by atoms with van der Waals surface area (Å²) in [5.41, 5.74) is 1.02. The number of hydrogen-bond acceptors (Lipinski definition) is 3. The third-order valence-electron chi connectivity index (χ3n) is 4.01. The van der Waals surface area contributed by atoms with E-state index in [1.165, 1.54) is 37.7 Å². The summed E-state index contributed by atoms with van der Waals surface area (Å²) in [5, 5.41) is 6.51. The minimum absolute atomic E-state index is 0. The van der Waals surface area contributed by atoms with E-state index >= 15 is 0 Å². The van der Waals surface area contributed by atoms with Crippen LogP contribution in [-0.2, 0) is 11.3 Å². The van der Waals surface area contributed by atoms with Crippen molar-refractivity contribution < 1.29 is 9.53 Å². The molecule has 1 aromatic carbocycles. The van der Waals surface area contributed by atoms with Crippen molar-refractivity contribution in [2.45, 2.75) is 71.0 Å². The van der Waals surface area contributed by atoms with Crippen LogP contribution in [0.5, 0.6) is 5.75 Å². The molecule has 2 N–H and O–H groups in total. The number of nitrogens with one attached hydrogen (secondary N) is 2. The molecule has 1 aliphatic carbocycles. The van der Waals surface area contributed by atoms with Gasteiger partial charge in [0.2, 0.25) is 0 Å². The maximum absolute atomic E-state index is 11.7. The SMILES string of the molecule is CC(C)(C)NC(=O)COc1ccc(CNC2CCCCC2)cc1.Cl. The second-order valence-electron chi connectivity index (χ2n) is 7.45. The molecular formula is C19H31ClN2O2. The van der Waals surface area contributed by atoms with Crippen LogP contribution in [0.1, 0.15) is 58.4 Å². The normalized spacial score (nSPS) is 15.5. The Hall–Kier alpha value is -1.26. The molecule has 0 heterocycles. The first kappa shape index (κ1) is 20.8. The molecule has 2 rings (SSSR count). The molecule has 1 fully saturated rings. The third kappa shape index (κ3) is 8.02. The molecule has 1 aromatic rings. The van der Waals surface area contributed by atoms with E-state index in [0.717, 1.165) is 12.3 Å². The number of rotatable bonds is 6. The van der Waals surface area contributed by atoms with Gasteiger partial charge >= 0.3 is 0 Å². The molecule has 0 radical (unpaired) electrons. The molecule has 24 heavy (non-hydrogen) atoms. The Morgan fingerprint density at radius 3 is 2.33 bits per heavy atom. The highest BCUT2D eigenvalue weighted by Gasteiger charge is 2.14. The van der Waals surface area contributed by atoms with Crippen molar-refractivity contribution in [2.75, 3.05) is 6.61 Å². The smallest absolute Gasteiger partial charge is 0.258 e. The Bertz CT molecular complexity index is 491. The molecule has 0 atom stereocenters. The second-order valence-corrected chi connectivity index (χ2v) is 7.45. The van der Waals surface area contributed by atoms with Crippen LogP contribution in [0.3, 0.4) is 0 Å². The topological polar surface area (TPSA) is 50.4 Å². The maximum atomic E-state index is 11.7. The second kappa shape index (κ2) is 9.90. The van der Waals surface area contributed by atoms with Gasteiger partial charge in [-0.25, -0.2) is 0 Å². The van der Waals surface area contributed by atoms with Crippen molar-refractivity contribution in [1.29, 1.82) is 0 Å². The van der Waals surface area contributed by atoms with Gasteiger partial charge in [0.1, 0.15) is 5.75 Å². The minimum atomic E-state index is -0.227. The highest BCUT2D eigenvalue weighted by molar-refractivity contribution is 5.85. The lowest BCUT2D eigenvalue weighted by molar-refractivity contribution is -0.124. The van der Waals surface area contributed by atoms with Crippen LogP contribution < -0.4 is 15.4 Å². The first-order chi connectivity index (χ1) is 10.9. The van der Waals surface area contributed by atoms with E-state index in [-0.39, 0.29) is 30.5 Å². The number of carbonyl (C=O) groups excluding carboxylic acids is 1. The van der Waals surface area contributed by atoms with Gasteiger partial charge in [0.05, 0.1) is 0 Å². The lowest BCUT2D eigenvalue weighted by atomic mass is 9.95. The lowest BCUT2D eigenvalue weighted by Crippen LogP contribution is -2.43. The van der Waals surface area contributed by atoms with Crippen LogP contribution >= 0.6 is 12.4 Å². The summed E-state index contributed by atoms with van der Waals surface area (Å²) in [4.78, 5) is 11.7. The molecular weight excluding hydrogens is 324 g/mol. The van der Waals surface area contributed by atoms with Gasteiger partial charge in [0.15, 0.2) is 6.61 Å². The van der Waals surface area contributed by atoms with Gasteiger partial charge < -0.3 is 15.4 Å². The van der Waals surface area contributed by atoms with Crippen molar-refractivity contribution in [3.63, 3.8) is 0 Å². The Morgan fingerprint density at radius 2 is 1.75 bits per heavy atom. The zero-order chi connectivity index (χ0) is 16.7. The molecule has 5 heteroatoms. The number of carbonyl (C=O) groups is 1. The van der Waals surface area contributed by atoms with Crippen LogP contribution in [0, 0.1) is 0 Å². The van der Waals surface area contributed by atoms with Crippen LogP contribution in [0.15, 0.2) is 24.3 Å². The van der Waals surface area contributed by atoms with Crippen LogP contribution in [0.2, 0.25) is 0 Å². The number of benzene rings is 1. The number of ether oxygens (including phenoxy) is 1. The monoisotopic (exact) mass is 354 g/mol. The molecule has 136 valence electrons. The summed E-state index contributed by atoms with van der Waals surface area (Å²) in [6.07, 6.45) is 6.67. The fourth-order valence-electron chi connectivity index (χ4n) is 2.88. The molecule has 0 unspecified atom stereocenters. The molecule has 0 spiro atoms. The van der Waals surface area contributed by atoms with Gasteiger partial charge in [-0.2, -0.15) is 0 Å². The first-order valence-corrected chi connectivity index (χ1v) is 8.68. The summed E-state index contributed by atoms with van der Waals surface area (Å²) in [6, 6.07) is 8.66. The van der Waals surface area contributed by atoms with E-state index in [2.05, 4.69) is 22.8 Å². The Morgan fingerprint density at radius 1 is 1.12 bits per heavy atom. The van der Waals surface area contributed by atoms with Crippen LogP contribution in [0.25, 0.3) is 0 Å². The summed E-state index contributed by atoms with van der Waals surface area (Å²) in [5.74, 6) is 0.635. The maximum Gasteiger partial charge on any atom is 0.258 e. The minimum Gasteiger partial charge on any atom is -0.484 e. The van der Waals surface area contributed by atoms with E-state index in [4.69, 9.17) is 4.74 Å². The third-order valence-corrected chi connectivity index (χ3v) is 4.01. The van der Waals surface area contributed by atoms with E-state index < -0.39 is 0 Å². The number of amides is 1. The van der Waals surface area contributed by atoms with Crippen LogP contribution in [0.4, 0.5) is 0 Å². The Labute approximate surface area is 152 Å². The predicted molar refractivity (Wildman–Crippen MR) is 101 cm³/mol. The number of halogens is 1. The number of hydrogen-bond donors (Lipinski definition) is 2. The molecule has 0 aromatic heterocycles. The average molecular weight is 355 g/mol. The quantitative estimate of drug-likeness (QED) is 0.816. The molecule has 4 nitrogen and oxygen atoms in total. The Kier molecular flexibility index (Phi) is 8.57. The predicted octanol–water partition coefficient (Wildman–Crippen LogP) is 3.82. The van der Waals surface area contributed by atoms with Gasteiger partial charge in [0.25, 0.3) is 5.91 Å². The Balaban J connectivity index is 0.00000288. The summed E-state index contributed by atoms with van der Waals surface area (Å²) >= 11 is 0. The van der Waals surface area contributed by atoms with Crippen molar-refractivity contribution in [2.24, 2.45) is 0 Å². The zero-order valence-corrected chi connectivity index (χ0v) is 15.9. The molecule has 0 aliphatic heterocycles. The molecule has 1 saturated carbocycles. The van der Waals surface area contributed by atoms with Crippen molar-refractivity contribution in [3.8, 4) is 5.75 Å². The van der Waals surface area contributed by atoms with Gasteiger partial charge in [-0.05, 0) is 51.3 Å².